The van der Waals surface area contributed by atoms with E-state index in [4.69, 9.17) is 51.7 Å². The summed E-state index contributed by atoms with van der Waals surface area (Å²) in [6.07, 6.45) is 16.6. The van der Waals surface area contributed by atoms with Gasteiger partial charge in [0.2, 0.25) is 12.0 Å². The fourth-order valence-corrected chi connectivity index (χ4v) is 19.2. The quantitative estimate of drug-likeness (QED) is 0.00666. The second-order valence-electron chi connectivity index (χ2n) is 34.4. The first-order chi connectivity index (χ1) is 58.2. The number of nitrogens with one attached hydrogen (secondary N) is 2. The molecule has 1 aliphatic heterocycles. The zero-order chi connectivity index (χ0) is 88.9. The molecule has 2 bridgehead atoms. The number of likely N-dealkylation sites (N-methyl/N-ethyl adjacent to an activating group) is 1. The maximum absolute atomic E-state index is 16.0. The van der Waals surface area contributed by atoms with Crippen molar-refractivity contribution in [3.63, 3.8) is 0 Å². The Balaban J connectivity index is 1.07. The summed E-state index contributed by atoms with van der Waals surface area (Å²) in [4.78, 5) is 140. The van der Waals surface area contributed by atoms with Gasteiger partial charge < -0.3 is 72.9 Å². The van der Waals surface area contributed by atoms with Crippen LogP contribution >= 0.6 is 29.4 Å². The Hall–Kier alpha value is -7.18. The number of hydrogen-bond acceptors (Lipinski definition) is 25. The summed E-state index contributed by atoms with van der Waals surface area (Å²) in [6.45, 7) is 11.4. The molecule has 0 spiro atoms. The van der Waals surface area contributed by atoms with Gasteiger partial charge in [0, 0.05) is 55.6 Å². The smallest absolute Gasteiger partial charge is 0.455 e. The lowest BCUT2D eigenvalue weighted by atomic mass is 9.44. The van der Waals surface area contributed by atoms with Crippen molar-refractivity contribution in [2.45, 2.75) is 301 Å². The number of nitrogens with zero attached hydrogens (tertiary/aromatic N) is 1. The van der Waals surface area contributed by atoms with Crippen molar-refractivity contribution >= 4 is 83.2 Å². The molecule has 27 nitrogen and oxygen atoms in total. The van der Waals surface area contributed by atoms with Crippen LogP contribution in [0.5, 0.6) is 0 Å². The van der Waals surface area contributed by atoms with Crippen LogP contribution in [0.1, 0.15) is 267 Å². The van der Waals surface area contributed by atoms with Crippen LogP contribution in [-0.4, -0.2) is 206 Å². The maximum atomic E-state index is 16.0. The van der Waals surface area contributed by atoms with E-state index in [0.29, 0.717) is 23.9 Å². The Morgan fingerprint density at radius 1 is 0.648 bits per heavy atom. The first-order valence-electron chi connectivity index (χ1n) is 44.0. The number of aliphatic hydroxyl groups excluding tert-OH is 1. The van der Waals surface area contributed by atoms with E-state index in [-0.39, 0.29) is 77.9 Å². The lowest BCUT2D eigenvalue weighted by molar-refractivity contribution is -0.870. The number of phosphoric acid groups is 1. The van der Waals surface area contributed by atoms with Crippen LogP contribution < -0.4 is 10.6 Å². The number of rotatable bonds is 55. The van der Waals surface area contributed by atoms with Crippen molar-refractivity contribution in [3.8, 4) is 0 Å². The minimum absolute atomic E-state index is 0.00807. The van der Waals surface area contributed by atoms with Gasteiger partial charge in [-0.1, -0.05) is 263 Å². The fourth-order valence-electron chi connectivity index (χ4n) is 16.9. The van der Waals surface area contributed by atoms with Crippen LogP contribution in [-0.2, 0) is 80.2 Å². The van der Waals surface area contributed by atoms with Gasteiger partial charge in [-0.25, -0.2) is 23.7 Å². The number of allylic oxidation sites excluding steroid dienone is 1. The van der Waals surface area contributed by atoms with Gasteiger partial charge >= 0.3 is 44.0 Å². The van der Waals surface area contributed by atoms with E-state index < -0.39 is 158 Å². The number of carbonyl (C=O) groups excluding carboxylic acids is 9. The predicted octanol–water partition coefficient (Wildman–Crippen LogP) is 16.9. The summed E-state index contributed by atoms with van der Waals surface area (Å²) in [6, 6.07) is 21.1. The molecule has 2 amide bonds. The van der Waals surface area contributed by atoms with Crippen molar-refractivity contribution < 1.29 is 119 Å². The lowest BCUT2D eigenvalue weighted by Gasteiger charge is -2.67. The molecule has 2 saturated carbocycles. The van der Waals surface area contributed by atoms with Crippen molar-refractivity contribution in [2.24, 2.45) is 16.7 Å². The van der Waals surface area contributed by atoms with Gasteiger partial charge in [0.1, 0.15) is 62.4 Å². The van der Waals surface area contributed by atoms with E-state index in [0.717, 1.165) is 65.2 Å². The number of benzene rings is 3. The van der Waals surface area contributed by atoms with Crippen LogP contribution in [0.3, 0.4) is 0 Å². The summed E-state index contributed by atoms with van der Waals surface area (Å²) in [5.74, 6) is -7.48. The van der Waals surface area contributed by atoms with Gasteiger partial charge in [-0.15, -0.1) is 0 Å². The molecule has 122 heavy (non-hydrogen) atoms. The van der Waals surface area contributed by atoms with Crippen molar-refractivity contribution in [1.82, 2.24) is 10.6 Å². The number of ether oxygens (including phenoxy) is 9. The van der Waals surface area contributed by atoms with Crippen LogP contribution in [0.2, 0.25) is 0 Å². The normalized spacial score (nSPS) is 23.1. The average molecular weight is 1760 g/mol. The number of esters is 4. The Bertz CT molecular complexity index is 3910. The van der Waals surface area contributed by atoms with Crippen molar-refractivity contribution in [1.29, 1.82) is 0 Å². The lowest BCUT2D eigenvalue weighted by Crippen LogP contribution is -2.82. The number of quaternary nitrogens is 1. The second kappa shape index (κ2) is 50.8. The molecule has 30 heteroatoms. The number of unbranched alkanes of at least 4 members (excludes halogenated alkanes) is 23. The molecule has 3 fully saturated rings. The van der Waals surface area contributed by atoms with Gasteiger partial charge in [-0.3, -0.25) is 33.0 Å². The van der Waals surface area contributed by atoms with Gasteiger partial charge in [0.15, 0.2) is 17.5 Å². The summed E-state index contributed by atoms with van der Waals surface area (Å²) in [5, 5.41) is 32.4. The number of fused-ring (bicyclic) bond motifs is 5. The molecular formula is C92H137N3O24PS2+. The molecule has 3 aromatic rings. The fraction of sp³-hybridized carbons (Fsp3) is 0.663. The molecule has 0 aromatic heterocycles. The Labute approximate surface area is 729 Å². The zero-order valence-electron chi connectivity index (χ0n) is 73.7. The van der Waals surface area contributed by atoms with E-state index in [1.54, 1.807) is 72.8 Å². The first-order valence-corrected chi connectivity index (χ1v) is 48.0. The van der Waals surface area contributed by atoms with Gasteiger partial charge in [0.25, 0.3) is 5.91 Å². The van der Waals surface area contributed by atoms with E-state index in [9.17, 15) is 53.2 Å². The predicted molar refractivity (Wildman–Crippen MR) is 466 cm³/mol. The Morgan fingerprint density at radius 2 is 1.16 bits per heavy atom. The third-order valence-electron chi connectivity index (χ3n) is 23.8. The SMILES string of the molecule is CCCCCCCCCCCCC/C=C/[C@@H](OC(=O)OCCSSCCOC(=O)O[C@@H](C(=O)O[C@H]1C[C@@]2(O)[C@@H](OC(=O)c3ccccc3)[C@@H]3[C@]4(OC(C)=O)CO[C@@H]4C[C@H](O)[C@@]3(C)C(=O)[C@H](OC(C)=O)C(=C1C)C2(C)C)[C@@H](NC(=O)c1ccccc1)c1ccccc1)[C@H](COP(=O)(O)OCC[N+](C)(C)C)NC(=O)CCCCCCCCCCCCCCC. The van der Waals surface area contributed by atoms with Crippen molar-refractivity contribution in [2.75, 3.05) is 72.2 Å². The number of amides is 2. The number of aliphatic hydroxyl groups is 2. The molecule has 1 heterocycles. The average Bonchev–Trinajstić information content (AvgIpc) is 0.667. The van der Waals surface area contributed by atoms with Crippen LogP contribution in [0, 0.1) is 16.7 Å². The molecule has 5 N–H and O–H groups in total. The monoisotopic (exact) mass is 1760 g/mol. The molecular weight excluding hydrogens is 1630 g/mol. The van der Waals surface area contributed by atoms with Gasteiger partial charge in [-0.05, 0) is 80.2 Å². The second-order valence-corrected chi connectivity index (χ2v) is 38.6. The first kappa shape index (κ1) is 102. The molecule has 3 aliphatic carbocycles. The number of hydrogen-bond donors (Lipinski definition) is 5. The summed E-state index contributed by atoms with van der Waals surface area (Å²) in [7, 11) is 3.52. The van der Waals surface area contributed by atoms with Crippen LogP contribution in [0.25, 0.3) is 0 Å². The van der Waals surface area contributed by atoms with E-state index in [1.165, 1.54) is 170 Å². The maximum Gasteiger partial charge on any atom is 0.509 e. The highest BCUT2D eigenvalue weighted by molar-refractivity contribution is 8.76. The summed E-state index contributed by atoms with van der Waals surface area (Å²) in [5.41, 5.74) is -8.04. The molecule has 14 atom stereocenters. The highest BCUT2D eigenvalue weighted by Gasteiger charge is 2.78. The number of phosphoric ester groups is 1. The summed E-state index contributed by atoms with van der Waals surface area (Å²) < 4.78 is 79.1. The highest BCUT2D eigenvalue weighted by atomic mass is 33.1. The summed E-state index contributed by atoms with van der Waals surface area (Å²) >= 11 is 0. The Morgan fingerprint density at radius 3 is 1.68 bits per heavy atom. The van der Waals surface area contributed by atoms with E-state index in [2.05, 4.69) is 24.5 Å². The zero-order valence-corrected chi connectivity index (χ0v) is 76.2. The van der Waals surface area contributed by atoms with Crippen LogP contribution in [0.4, 0.5) is 9.59 Å². The molecule has 680 valence electrons. The molecule has 7 rings (SSSR count). The topological polar surface area (TPSA) is 357 Å². The molecule has 0 radical (unpaired) electrons. The Kier molecular flexibility index (Phi) is 42.5. The number of Topliss-reactive ketones (excluding diaryl/α,β-unsaturated/α-hetero) is 1. The third-order valence-corrected chi connectivity index (χ3v) is 27.1. The molecule has 3 aromatic carbocycles. The van der Waals surface area contributed by atoms with Gasteiger partial charge in [0.05, 0.1) is 63.4 Å². The minimum Gasteiger partial charge on any atom is -0.455 e. The van der Waals surface area contributed by atoms with Crippen molar-refractivity contribution in [3.05, 3.63) is 131 Å². The standard InChI is InChI=1S/C92H136N3O24PS2/c1-12-14-16-18-20-22-24-26-28-30-32-34-45-53-72(71(63-113-120(107,108)112-56-55-95(9,10)11)93-76(99)54-46-35-33-31-29-27-25-23-21-19-17-15-13-2)116-87(104)109-57-59-121-122-60-58-110-88(105)117-80(78(68-47-39-36-40-48-68)94-84(101)69-49-41-37-42-50-69)86(103)115-73-62-92(106)83(118-85(102)70-51-43-38-44-52-70)81-90(8,74(98)61-75-91(81,64-111-75)119-67(5)97)82(100)79(114-66(4)96)77(65(73)3)89(92,6)7/h36-45,47-53,71-75,78-81,83,98,106H,12-35,46,54-64H2,1-11H3,(H2-,93,94,99,101,107,108)/p+1/b53-45+/t71-,72+,73-,74-,75+,78-,79+,80+,81-,83-,90+,91-,92+/m0/s1. The third kappa shape index (κ3) is 30.6. The largest absolute Gasteiger partial charge is 0.509 e. The van der Waals surface area contributed by atoms with E-state index in [1.807, 2.05) is 27.2 Å². The highest BCUT2D eigenvalue weighted by Crippen LogP contribution is 2.65. The molecule has 1 unspecified atom stereocenters. The number of ketones is 1. The van der Waals surface area contributed by atoms with E-state index >= 15 is 9.59 Å². The molecule has 1 saturated heterocycles. The van der Waals surface area contributed by atoms with Gasteiger partial charge in [-0.2, -0.15) is 0 Å². The number of carbonyl (C=O) groups is 9. The van der Waals surface area contributed by atoms with Crippen LogP contribution in [0.15, 0.2) is 114 Å². The molecule has 4 aliphatic rings. The minimum atomic E-state index is -4.67.